The van der Waals surface area contributed by atoms with E-state index in [1.807, 2.05) is 20.8 Å². The van der Waals surface area contributed by atoms with Crippen LogP contribution in [-0.2, 0) is 18.1 Å². The number of aromatic hydroxyl groups is 1. The highest BCUT2D eigenvalue weighted by molar-refractivity contribution is 5.84. The highest BCUT2D eigenvalue weighted by Crippen LogP contribution is 2.37. The Morgan fingerprint density at radius 1 is 0.930 bits per heavy atom. The summed E-state index contributed by atoms with van der Waals surface area (Å²) in [6, 6.07) is 11.3. The second-order valence-corrected chi connectivity index (χ2v) is 12.3. The van der Waals surface area contributed by atoms with Crippen molar-refractivity contribution in [3.63, 3.8) is 0 Å². The molecule has 0 saturated carbocycles. The summed E-state index contributed by atoms with van der Waals surface area (Å²) in [5.74, 6) is -0.521. The molecule has 2 aromatic carbocycles. The molecule has 0 saturated heterocycles. The Morgan fingerprint density at radius 2 is 1.65 bits per heavy atom. The molecule has 5 rings (SSSR count). The number of anilines is 2. The van der Waals surface area contributed by atoms with Crippen molar-refractivity contribution in [2.75, 3.05) is 5.32 Å². The molecular weight excluding hydrogens is 549 g/mol. The number of hydrogen-bond donors (Lipinski definition) is 3. The second-order valence-electron chi connectivity index (χ2n) is 12.3. The molecule has 0 fully saturated rings. The predicted octanol–water partition coefficient (Wildman–Crippen LogP) is 5.57. The number of fused-ring (bicyclic) bond motifs is 1. The van der Waals surface area contributed by atoms with Crippen molar-refractivity contribution in [1.82, 2.24) is 19.3 Å². The third kappa shape index (κ3) is 5.53. The van der Waals surface area contributed by atoms with Crippen LogP contribution >= 0.6 is 0 Å². The lowest BCUT2D eigenvalue weighted by Crippen LogP contribution is -2.23. The van der Waals surface area contributed by atoms with Crippen LogP contribution < -0.4 is 16.4 Å². The van der Waals surface area contributed by atoms with Crippen molar-refractivity contribution in [3.8, 4) is 22.6 Å². The number of aliphatic hydroxyl groups is 1. The number of benzene rings is 2. The maximum atomic E-state index is 15.3. The Bertz CT molecular complexity index is 2000. The Balaban J connectivity index is 1.61. The maximum absolute atomic E-state index is 15.3. The normalized spacial score (nSPS) is 12.1. The van der Waals surface area contributed by atoms with Gasteiger partial charge in [-0.3, -0.25) is 9.59 Å². The van der Waals surface area contributed by atoms with Gasteiger partial charge in [0.15, 0.2) is 0 Å². The van der Waals surface area contributed by atoms with Crippen LogP contribution in [0.2, 0.25) is 0 Å². The van der Waals surface area contributed by atoms with Gasteiger partial charge in [-0.1, -0.05) is 32.9 Å². The van der Waals surface area contributed by atoms with E-state index in [-0.39, 0.29) is 33.5 Å². The summed E-state index contributed by atoms with van der Waals surface area (Å²) in [4.78, 5) is 30.8. The molecule has 0 radical (unpaired) electrons. The van der Waals surface area contributed by atoms with Crippen molar-refractivity contribution < 1.29 is 14.6 Å². The van der Waals surface area contributed by atoms with Gasteiger partial charge in [0.25, 0.3) is 11.1 Å². The van der Waals surface area contributed by atoms with Gasteiger partial charge in [-0.25, -0.2) is 9.37 Å². The first kappa shape index (κ1) is 29.7. The molecular formula is C33H34FN5O4. The van der Waals surface area contributed by atoms with E-state index < -0.39 is 17.0 Å². The minimum atomic E-state index is -1.06. The third-order valence-corrected chi connectivity index (χ3v) is 7.50. The molecule has 0 unspecified atom stereocenters. The number of phenols is 1. The molecule has 0 aliphatic carbocycles. The summed E-state index contributed by atoms with van der Waals surface area (Å²) in [5.41, 5.74) is 0.731. The fourth-order valence-corrected chi connectivity index (χ4v) is 4.96. The Labute approximate surface area is 247 Å². The summed E-state index contributed by atoms with van der Waals surface area (Å²) >= 11 is 0. The lowest BCUT2D eigenvalue weighted by Gasteiger charge is -2.20. The number of rotatable bonds is 5. The molecule has 43 heavy (non-hydrogen) atoms. The number of phenolic OH excluding ortho intramolecular Hbond substituents is 1. The lowest BCUT2D eigenvalue weighted by molar-refractivity contribution is 0.0782. The van der Waals surface area contributed by atoms with Crippen molar-refractivity contribution in [1.29, 1.82) is 0 Å². The van der Waals surface area contributed by atoms with E-state index in [0.717, 1.165) is 10.2 Å². The number of pyridine rings is 2. The SMILES string of the molecule is Cc1ccc(-n2ncc3cc(C(C)(C)C)cc(F)c3c2=O)c(O)c1-c1cc(Nc2ccc(C(C)(C)O)cn2)c(=O)n(C)c1. The van der Waals surface area contributed by atoms with Gasteiger partial charge in [0.05, 0.1) is 17.2 Å². The minimum absolute atomic E-state index is 0.0685. The van der Waals surface area contributed by atoms with Gasteiger partial charge in [-0.15, -0.1) is 0 Å². The first-order valence-electron chi connectivity index (χ1n) is 13.8. The largest absolute Gasteiger partial charge is 0.505 e. The molecule has 5 aromatic rings. The molecule has 0 aliphatic rings. The minimum Gasteiger partial charge on any atom is -0.505 e. The summed E-state index contributed by atoms with van der Waals surface area (Å²) in [6.07, 6.45) is 4.52. The zero-order chi connectivity index (χ0) is 31.4. The van der Waals surface area contributed by atoms with Crippen LogP contribution in [0.5, 0.6) is 5.75 Å². The molecule has 222 valence electrons. The average molecular weight is 584 g/mol. The molecule has 0 atom stereocenters. The highest BCUT2D eigenvalue weighted by atomic mass is 19.1. The van der Waals surface area contributed by atoms with Gasteiger partial charge >= 0.3 is 0 Å². The van der Waals surface area contributed by atoms with Gasteiger partial charge < -0.3 is 20.1 Å². The summed E-state index contributed by atoms with van der Waals surface area (Å²) in [6.45, 7) is 11.0. The van der Waals surface area contributed by atoms with Crippen molar-refractivity contribution in [3.05, 3.63) is 104 Å². The molecule has 10 heteroatoms. The number of aromatic nitrogens is 4. The fraction of sp³-hybridized carbons (Fsp3) is 0.273. The van der Waals surface area contributed by atoms with Crippen LogP contribution in [-0.4, -0.2) is 29.5 Å². The number of nitrogens with one attached hydrogen (secondary N) is 1. The van der Waals surface area contributed by atoms with Crippen LogP contribution in [0.1, 0.15) is 51.3 Å². The molecule has 0 amide bonds. The maximum Gasteiger partial charge on any atom is 0.282 e. The number of nitrogens with zero attached hydrogens (tertiary/aromatic N) is 4. The Hall–Kier alpha value is -4.83. The molecule has 9 nitrogen and oxygen atoms in total. The zero-order valence-electron chi connectivity index (χ0n) is 25.2. The van der Waals surface area contributed by atoms with Gasteiger partial charge in [0, 0.05) is 41.5 Å². The van der Waals surface area contributed by atoms with Crippen molar-refractivity contribution in [2.24, 2.45) is 7.05 Å². The van der Waals surface area contributed by atoms with Crippen LogP contribution in [0.25, 0.3) is 27.6 Å². The van der Waals surface area contributed by atoms with Crippen LogP contribution in [0.4, 0.5) is 15.9 Å². The van der Waals surface area contributed by atoms with Crippen molar-refractivity contribution >= 4 is 22.3 Å². The third-order valence-electron chi connectivity index (χ3n) is 7.50. The van der Waals surface area contributed by atoms with E-state index in [9.17, 15) is 19.8 Å². The van der Waals surface area contributed by atoms with Crippen LogP contribution in [0.3, 0.4) is 0 Å². The van der Waals surface area contributed by atoms with Crippen LogP contribution in [0.15, 0.2) is 70.6 Å². The summed E-state index contributed by atoms with van der Waals surface area (Å²) in [7, 11) is 1.59. The second kappa shape index (κ2) is 10.5. The molecule has 3 N–H and O–H groups in total. The molecule has 0 bridgehead atoms. The summed E-state index contributed by atoms with van der Waals surface area (Å²) in [5, 5.41) is 29.3. The van der Waals surface area contributed by atoms with E-state index in [4.69, 9.17) is 0 Å². The molecule has 0 spiro atoms. The summed E-state index contributed by atoms with van der Waals surface area (Å²) < 4.78 is 17.6. The van der Waals surface area contributed by atoms with E-state index in [1.54, 1.807) is 70.4 Å². The smallest absolute Gasteiger partial charge is 0.282 e. The van der Waals surface area contributed by atoms with E-state index >= 15 is 4.39 Å². The van der Waals surface area contributed by atoms with Gasteiger partial charge in [0.2, 0.25) is 0 Å². The quantitative estimate of drug-likeness (QED) is 0.247. The van der Waals surface area contributed by atoms with E-state index in [1.165, 1.54) is 23.0 Å². The topological polar surface area (TPSA) is 122 Å². The first-order valence-corrected chi connectivity index (χ1v) is 13.8. The number of aryl methyl sites for hydroxylation is 2. The van der Waals surface area contributed by atoms with E-state index in [0.29, 0.717) is 33.5 Å². The molecule has 3 heterocycles. The standard InChI is InChI=1S/C33H34FN5O4/c1-18-8-10-25(39-31(42)28-19(15-36-39)12-22(14-23(28)34)32(2,3)4)29(40)27(18)20-13-24(30(41)38(7)17-20)37-26-11-9-21(16-35-26)33(5,6)43/h8-17,40,43H,1-7H3,(H,35,37). The highest BCUT2D eigenvalue weighted by Gasteiger charge is 2.22. The van der Waals surface area contributed by atoms with Crippen LogP contribution in [0, 0.1) is 12.7 Å². The monoisotopic (exact) mass is 583 g/mol. The average Bonchev–Trinajstić information content (AvgIpc) is 2.91. The number of halogens is 1. The molecule has 0 aliphatic heterocycles. The zero-order valence-corrected chi connectivity index (χ0v) is 25.2. The van der Waals surface area contributed by atoms with Gasteiger partial charge in [-0.2, -0.15) is 9.78 Å². The van der Waals surface area contributed by atoms with Gasteiger partial charge in [0.1, 0.15) is 28.8 Å². The Kier molecular flexibility index (Phi) is 7.22. The molecule has 3 aromatic heterocycles. The first-order chi connectivity index (χ1) is 20.1. The number of hydrogen-bond acceptors (Lipinski definition) is 7. The van der Waals surface area contributed by atoms with E-state index in [2.05, 4.69) is 15.4 Å². The van der Waals surface area contributed by atoms with Gasteiger partial charge in [-0.05, 0) is 67.6 Å². The van der Waals surface area contributed by atoms with Crippen molar-refractivity contribution in [2.45, 2.75) is 52.6 Å². The Morgan fingerprint density at radius 3 is 2.28 bits per heavy atom. The lowest BCUT2D eigenvalue weighted by atomic mass is 9.86. The fourth-order valence-electron chi connectivity index (χ4n) is 4.96. The predicted molar refractivity (Wildman–Crippen MR) is 166 cm³/mol.